The molecule has 8 nitrogen and oxygen atoms in total. The van der Waals surface area contributed by atoms with Gasteiger partial charge in [-0.1, -0.05) is 23.2 Å². The molecule has 3 aromatic heterocycles. The zero-order valence-corrected chi connectivity index (χ0v) is 18.6. The van der Waals surface area contributed by atoms with Crippen molar-refractivity contribution >= 4 is 34.7 Å². The van der Waals surface area contributed by atoms with Crippen LogP contribution in [0.5, 0.6) is 0 Å². The van der Waals surface area contributed by atoms with Crippen molar-refractivity contribution in [3.8, 4) is 22.6 Å². The summed E-state index contributed by atoms with van der Waals surface area (Å²) in [6, 6.07) is 11.8. The third kappa shape index (κ3) is 4.56. The summed E-state index contributed by atoms with van der Waals surface area (Å²) in [5, 5.41) is 15.1. The van der Waals surface area contributed by atoms with Crippen molar-refractivity contribution in [1.82, 2.24) is 19.9 Å². The fraction of sp³-hybridized carbons (Fsp3) is 0.136. The molecule has 0 spiro atoms. The molecule has 0 aliphatic rings. The number of aromatic nitrogens is 4. The Labute approximate surface area is 193 Å². The Bertz CT molecular complexity index is 1290. The molecule has 0 fully saturated rings. The van der Waals surface area contributed by atoms with E-state index in [4.69, 9.17) is 28.2 Å². The van der Waals surface area contributed by atoms with Crippen LogP contribution in [0.25, 0.3) is 22.6 Å². The van der Waals surface area contributed by atoms with Crippen molar-refractivity contribution in [1.29, 1.82) is 0 Å². The van der Waals surface area contributed by atoms with Gasteiger partial charge in [0.05, 0.1) is 27.4 Å². The van der Waals surface area contributed by atoms with E-state index in [0.717, 1.165) is 22.5 Å². The molecule has 0 bridgehead atoms. The van der Waals surface area contributed by atoms with E-state index in [9.17, 15) is 10.1 Å². The van der Waals surface area contributed by atoms with Crippen LogP contribution in [0.3, 0.4) is 0 Å². The van der Waals surface area contributed by atoms with Gasteiger partial charge in [-0.25, -0.2) is 15.0 Å². The highest BCUT2D eigenvalue weighted by atomic mass is 35.5. The fourth-order valence-electron chi connectivity index (χ4n) is 3.22. The fourth-order valence-corrected chi connectivity index (χ4v) is 3.72. The first-order chi connectivity index (χ1) is 15.3. The Morgan fingerprint density at radius 3 is 2.47 bits per heavy atom. The molecule has 162 valence electrons. The van der Waals surface area contributed by atoms with E-state index in [2.05, 4.69) is 20.3 Å². The molecule has 1 unspecified atom stereocenters. The number of nitrogens with one attached hydrogen (secondary N) is 2. The van der Waals surface area contributed by atoms with Crippen molar-refractivity contribution in [2.45, 2.75) is 19.9 Å². The van der Waals surface area contributed by atoms with E-state index in [-0.39, 0.29) is 11.7 Å². The number of hydrogen-bond acceptors (Lipinski definition) is 6. The van der Waals surface area contributed by atoms with Gasteiger partial charge in [-0.05, 0) is 50.2 Å². The summed E-state index contributed by atoms with van der Waals surface area (Å²) in [6.07, 6.45) is 2.96. The van der Waals surface area contributed by atoms with Gasteiger partial charge in [0.2, 0.25) is 0 Å². The molecule has 10 heteroatoms. The Hall–Kier alpha value is -3.49. The summed E-state index contributed by atoms with van der Waals surface area (Å²) in [4.78, 5) is 27.0. The average molecular weight is 469 g/mol. The zero-order valence-electron chi connectivity index (χ0n) is 17.1. The number of rotatable bonds is 6. The van der Waals surface area contributed by atoms with Crippen LogP contribution >= 0.6 is 23.2 Å². The second-order valence-corrected chi connectivity index (χ2v) is 8.04. The van der Waals surface area contributed by atoms with Crippen molar-refractivity contribution in [3.63, 3.8) is 0 Å². The quantitative estimate of drug-likeness (QED) is 0.256. The third-order valence-corrected chi connectivity index (χ3v) is 5.38. The van der Waals surface area contributed by atoms with Gasteiger partial charge in [0.25, 0.3) is 5.69 Å². The van der Waals surface area contributed by atoms with Crippen molar-refractivity contribution in [2.24, 2.45) is 0 Å². The molecule has 1 atom stereocenters. The lowest BCUT2D eigenvalue weighted by molar-refractivity contribution is -0.385. The second-order valence-electron chi connectivity index (χ2n) is 7.20. The molecule has 0 saturated carbocycles. The number of nitrogens with zero attached hydrogens (tertiary/aromatic N) is 4. The topological polar surface area (TPSA) is 110 Å². The lowest BCUT2D eigenvalue weighted by Crippen LogP contribution is -2.10. The number of anilines is 1. The van der Waals surface area contributed by atoms with E-state index in [1.165, 1.54) is 12.3 Å². The van der Waals surface area contributed by atoms with Gasteiger partial charge < -0.3 is 10.3 Å². The molecule has 0 aliphatic heterocycles. The molecule has 0 amide bonds. The van der Waals surface area contributed by atoms with E-state index < -0.39 is 4.92 Å². The lowest BCUT2D eigenvalue weighted by atomic mass is 10.0. The average Bonchev–Trinajstić information content (AvgIpc) is 3.20. The van der Waals surface area contributed by atoms with E-state index in [0.29, 0.717) is 27.4 Å². The number of H-pyrrole nitrogens is 1. The molecule has 2 N–H and O–H groups in total. The summed E-state index contributed by atoms with van der Waals surface area (Å²) in [5.41, 5.74) is 3.77. The highest BCUT2D eigenvalue weighted by Gasteiger charge is 2.18. The maximum atomic E-state index is 10.8. The van der Waals surface area contributed by atoms with Crippen molar-refractivity contribution < 1.29 is 4.92 Å². The van der Waals surface area contributed by atoms with Gasteiger partial charge in [-0.15, -0.1) is 0 Å². The van der Waals surface area contributed by atoms with Crippen LogP contribution in [-0.2, 0) is 0 Å². The van der Waals surface area contributed by atoms with Crippen LogP contribution in [0.2, 0.25) is 10.0 Å². The maximum absolute atomic E-state index is 10.8. The monoisotopic (exact) mass is 468 g/mol. The predicted molar refractivity (Wildman–Crippen MR) is 125 cm³/mol. The molecule has 1 aromatic carbocycles. The van der Waals surface area contributed by atoms with E-state index in [1.54, 1.807) is 24.4 Å². The molecule has 0 aliphatic carbocycles. The second kappa shape index (κ2) is 8.94. The minimum absolute atomic E-state index is 0.0703. The number of benzene rings is 1. The van der Waals surface area contributed by atoms with Crippen LogP contribution in [0.4, 0.5) is 11.5 Å². The van der Waals surface area contributed by atoms with E-state index >= 15 is 0 Å². The standard InChI is InChI=1S/C22H18Cl2N6O2/c1-12-10-26-22(27-12)17-6-7-19(29-21(17)16-5-3-14(23)9-18(16)24)13(2)28-20-8-4-15(11-25-20)30(31)32/h3-11,13H,1-2H3,(H,25,28)(H,26,27). The van der Waals surface area contributed by atoms with Gasteiger partial charge in [0, 0.05) is 34.1 Å². The smallest absolute Gasteiger partial charge is 0.287 e. The number of aryl methyl sites for hydroxylation is 1. The van der Waals surface area contributed by atoms with Gasteiger partial charge in [0.15, 0.2) is 0 Å². The normalized spacial score (nSPS) is 11.9. The Balaban J connectivity index is 1.72. The molecule has 4 aromatic rings. The molecular weight excluding hydrogens is 451 g/mol. The molecule has 32 heavy (non-hydrogen) atoms. The first-order valence-electron chi connectivity index (χ1n) is 9.67. The van der Waals surface area contributed by atoms with Crippen LogP contribution in [0, 0.1) is 17.0 Å². The predicted octanol–water partition coefficient (Wildman–Crippen LogP) is 6.23. The Kier molecular flexibility index (Phi) is 6.07. The SMILES string of the molecule is Cc1cnc(-c2ccc(C(C)Nc3ccc([N+](=O)[O-])cn3)nc2-c2ccc(Cl)cc2Cl)[nH]1. The first kappa shape index (κ1) is 21.7. The summed E-state index contributed by atoms with van der Waals surface area (Å²) in [7, 11) is 0. The van der Waals surface area contributed by atoms with Crippen LogP contribution in [-0.4, -0.2) is 24.9 Å². The summed E-state index contributed by atoms with van der Waals surface area (Å²) < 4.78 is 0. The van der Waals surface area contributed by atoms with Crippen LogP contribution in [0.1, 0.15) is 24.4 Å². The maximum Gasteiger partial charge on any atom is 0.287 e. The Morgan fingerprint density at radius 1 is 1.06 bits per heavy atom. The molecule has 0 saturated heterocycles. The molecular formula is C22H18Cl2N6O2. The largest absolute Gasteiger partial charge is 0.362 e. The number of pyridine rings is 2. The minimum atomic E-state index is -0.487. The first-order valence-corrected chi connectivity index (χ1v) is 10.4. The molecule has 4 rings (SSSR count). The molecule has 0 radical (unpaired) electrons. The summed E-state index contributed by atoms with van der Waals surface area (Å²) >= 11 is 12.6. The number of hydrogen-bond donors (Lipinski definition) is 2. The van der Waals surface area contributed by atoms with Crippen molar-refractivity contribution in [3.05, 3.63) is 86.4 Å². The zero-order chi connectivity index (χ0) is 22.8. The van der Waals surface area contributed by atoms with Gasteiger partial charge in [-0.2, -0.15) is 0 Å². The summed E-state index contributed by atoms with van der Waals surface area (Å²) in [6.45, 7) is 3.85. The van der Waals surface area contributed by atoms with Gasteiger partial charge >= 0.3 is 0 Å². The lowest BCUT2D eigenvalue weighted by Gasteiger charge is -2.17. The number of nitro groups is 1. The minimum Gasteiger partial charge on any atom is -0.362 e. The van der Waals surface area contributed by atoms with E-state index in [1.807, 2.05) is 32.0 Å². The van der Waals surface area contributed by atoms with Crippen molar-refractivity contribution in [2.75, 3.05) is 5.32 Å². The van der Waals surface area contributed by atoms with Crippen LogP contribution in [0.15, 0.2) is 54.9 Å². The highest BCUT2D eigenvalue weighted by Crippen LogP contribution is 2.36. The number of halogens is 2. The van der Waals surface area contributed by atoms with Gasteiger partial charge in [0.1, 0.15) is 17.8 Å². The van der Waals surface area contributed by atoms with Gasteiger partial charge in [-0.3, -0.25) is 10.1 Å². The number of aromatic amines is 1. The highest BCUT2D eigenvalue weighted by molar-refractivity contribution is 6.36. The number of imidazole rings is 1. The third-order valence-electron chi connectivity index (χ3n) is 4.83. The summed E-state index contributed by atoms with van der Waals surface area (Å²) in [5.74, 6) is 1.18. The molecule has 3 heterocycles. The Morgan fingerprint density at radius 2 is 1.84 bits per heavy atom. The van der Waals surface area contributed by atoms with Crippen LogP contribution < -0.4 is 5.32 Å².